The molecule has 0 radical (unpaired) electrons. The first-order valence-electron chi connectivity index (χ1n) is 11.9. The van der Waals surface area contributed by atoms with E-state index in [0.29, 0.717) is 22.2 Å². The van der Waals surface area contributed by atoms with Crippen LogP contribution in [0.1, 0.15) is 69.4 Å². The first-order valence-corrected chi connectivity index (χ1v) is 13.1. The highest BCUT2D eigenvalue weighted by atomic mass is 35.5. The molecule has 2 aromatic carbocycles. The van der Waals surface area contributed by atoms with Gasteiger partial charge in [-0.2, -0.15) is 0 Å². The largest absolute Gasteiger partial charge is 0.340 e. The number of Topliss-reactive ketones (excluding diaryl/α,β-unsaturated/α-hetero) is 1. The number of carbonyl (C=O) groups is 2. The number of amides is 1. The molecule has 2 fully saturated rings. The fourth-order valence-electron chi connectivity index (χ4n) is 4.42. The van der Waals surface area contributed by atoms with Crippen molar-refractivity contribution in [1.29, 1.82) is 0 Å². The second-order valence-electron chi connectivity index (χ2n) is 9.25. The highest BCUT2D eigenvalue weighted by Crippen LogP contribution is 2.45. The minimum Gasteiger partial charge on any atom is -0.340 e. The molecule has 5 nitrogen and oxygen atoms in total. The van der Waals surface area contributed by atoms with Gasteiger partial charge in [0.2, 0.25) is 5.78 Å². The number of ketones is 1. The summed E-state index contributed by atoms with van der Waals surface area (Å²) in [6, 6.07) is 14.2. The lowest BCUT2D eigenvalue weighted by molar-refractivity contribution is 0.0823. The minimum absolute atomic E-state index is 0.131. The Morgan fingerprint density at radius 3 is 2.59 bits per heavy atom. The number of rotatable bonds is 7. The van der Waals surface area contributed by atoms with Crippen molar-refractivity contribution in [3.8, 4) is 10.4 Å². The molecule has 1 saturated carbocycles. The van der Waals surface area contributed by atoms with Crippen molar-refractivity contribution >= 4 is 34.6 Å². The van der Waals surface area contributed by atoms with Gasteiger partial charge in [0.15, 0.2) is 0 Å². The van der Waals surface area contributed by atoms with Crippen LogP contribution in [0.3, 0.4) is 0 Å². The van der Waals surface area contributed by atoms with Gasteiger partial charge in [-0.1, -0.05) is 53.9 Å². The van der Waals surface area contributed by atoms with Gasteiger partial charge in [-0.3, -0.25) is 9.59 Å². The van der Waals surface area contributed by atoms with Crippen LogP contribution in [0.15, 0.2) is 48.5 Å². The normalized spacial score (nSPS) is 18.9. The van der Waals surface area contributed by atoms with E-state index in [-0.39, 0.29) is 17.7 Å². The lowest BCUT2D eigenvalue weighted by Crippen LogP contribution is -2.55. The first-order chi connectivity index (χ1) is 16.5. The molecule has 0 bridgehead atoms. The highest BCUT2D eigenvalue weighted by molar-refractivity contribution is 7.15. The second kappa shape index (κ2) is 9.98. The van der Waals surface area contributed by atoms with E-state index in [2.05, 4.69) is 34.9 Å². The van der Waals surface area contributed by atoms with Crippen molar-refractivity contribution in [1.82, 2.24) is 15.6 Å². The number of hydrogen-bond acceptors (Lipinski definition) is 5. The molecule has 5 rings (SSSR count). The number of aromatic nitrogens is 1. The molecular weight excluding hydrogens is 466 g/mol. The van der Waals surface area contributed by atoms with Gasteiger partial charge in [0.05, 0.1) is 9.88 Å². The zero-order chi connectivity index (χ0) is 23.7. The summed E-state index contributed by atoms with van der Waals surface area (Å²) in [5.41, 5.74) is 3.08. The molecule has 2 heterocycles. The van der Waals surface area contributed by atoms with Crippen molar-refractivity contribution in [3.63, 3.8) is 0 Å². The Balaban J connectivity index is 1.50. The van der Waals surface area contributed by atoms with Crippen molar-refractivity contribution in [2.24, 2.45) is 0 Å². The van der Waals surface area contributed by atoms with Crippen LogP contribution >= 0.6 is 22.9 Å². The number of aryl methyl sites for hydroxylation is 1. The van der Waals surface area contributed by atoms with Crippen molar-refractivity contribution in [2.45, 2.75) is 57.0 Å². The number of halogens is 1. The average molecular weight is 494 g/mol. The third-order valence-electron chi connectivity index (χ3n) is 6.52. The fourth-order valence-corrected chi connectivity index (χ4v) is 5.86. The number of carbonyl (C=O) groups excluding carboxylic acids is 2. The summed E-state index contributed by atoms with van der Waals surface area (Å²) in [5.74, 6) is 0.0133. The van der Waals surface area contributed by atoms with Gasteiger partial charge in [-0.05, 0) is 62.9 Å². The van der Waals surface area contributed by atoms with Crippen LogP contribution in [0.5, 0.6) is 0 Å². The number of hydrogen-bond donors (Lipinski definition) is 2. The molecule has 1 aliphatic carbocycles. The Bertz CT molecular complexity index is 1200. The van der Waals surface area contributed by atoms with E-state index in [1.54, 1.807) is 35.6 Å². The summed E-state index contributed by atoms with van der Waals surface area (Å²) in [4.78, 5) is 32.9. The monoisotopic (exact) mass is 493 g/mol. The third-order valence-corrected chi connectivity index (χ3v) is 8.03. The zero-order valence-corrected chi connectivity index (χ0v) is 20.7. The van der Waals surface area contributed by atoms with Crippen molar-refractivity contribution in [3.05, 3.63) is 75.4 Å². The predicted octanol–water partition coefficient (Wildman–Crippen LogP) is 5.77. The molecule has 2 N–H and O–H groups in total. The highest BCUT2D eigenvalue weighted by Gasteiger charge is 2.36. The number of piperidine rings is 1. The molecule has 1 amide bonds. The Labute approximate surface area is 208 Å². The summed E-state index contributed by atoms with van der Waals surface area (Å²) in [6.45, 7) is 2.88. The first kappa shape index (κ1) is 23.2. The van der Waals surface area contributed by atoms with E-state index >= 15 is 0 Å². The zero-order valence-electron chi connectivity index (χ0n) is 19.1. The van der Waals surface area contributed by atoms with Crippen LogP contribution in [-0.4, -0.2) is 35.3 Å². The molecule has 1 saturated heterocycles. The van der Waals surface area contributed by atoms with Gasteiger partial charge >= 0.3 is 0 Å². The third kappa shape index (κ3) is 5.09. The SMILES string of the molecule is Cc1ccc(-c2sc(C3CC3)nc2C(=O)[C@@H](NC(=O)c2cccc(Cl)c2)C2CCCCN2)cc1. The van der Waals surface area contributed by atoms with Gasteiger partial charge in [0.25, 0.3) is 5.91 Å². The number of thiazole rings is 1. The molecule has 34 heavy (non-hydrogen) atoms. The summed E-state index contributed by atoms with van der Waals surface area (Å²) in [5, 5.41) is 8.00. The van der Waals surface area contributed by atoms with Crippen LogP contribution in [0.25, 0.3) is 10.4 Å². The van der Waals surface area contributed by atoms with E-state index in [9.17, 15) is 9.59 Å². The topological polar surface area (TPSA) is 71.1 Å². The molecule has 2 aliphatic rings. The predicted molar refractivity (Wildman–Crippen MR) is 137 cm³/mol. The van der Waals surface area contributed by atoms with Crippen LogP contribution in [0.4, 0.5) is 0 Å². The quantitative estimate of drug-likeness (QED) is 0.410. The van der Waals surface area contributed by atoms with E-state index < -0.39 is 6.04 Å². The van der Waals surface area contributed by atoms with Crippen LogP contribution < -0.4 is 10.6 Å². The molecule has 3 aromatic rings. The smallest absolute Gasteiger partial charge is 0.251 e. The van der Waals surface area contributed by atoms with Crippen LogP contribution in [0.2, 0.25) is 5.02 Å². The van der Waals surface area contributed by atoms with Crippen molar-refractivity contribution < 1.29 is 9.59 Å². The standard InChI is InChI=1S/C27H28ClN3O2S/c1-16-8-10-17(11-9-16)25-23(31-27(34-25)18-12-13-18)24(32)22(21-7-2-3-14-29-21)30-26(33)19-5-4-6-20(28)15-19/h4-6,8-11,15,18,21-22,29H,2-3,7,12-14H2,1H3,(H,30,33)/t21?,22-/m0/s1. The van der Waals surface area contributed by atoms with E-state index in [4.69, 9.17) is 16.6 Å². The van der Waals surface area contributed by atoms with Crippen LogP contribution in [0, 0.1) is 6.92 Å². The van der Waals surface area contributed by atoms with Crippen LogP contribution in [-0.2, 0) is 0 Å². The molecule has 0 spiro atoms. The van der Waals surface area contributed by atoms with E-state index in [0.717, 1.165) is 54.1 Å². The van der Waals surface area contributed by atoms with Crippen molar-refractivity contribution in [2.75, 3.05) is 6.54 Å². The molecular formula is C27H28ClN3O2S. The summed E-state index contributed by atoms with van der Waals surface area (Å²) in [7, 11) is 0. The lowest BCUT2D eigenvalue weighted by atomic mass is 9.92. The maximum absolute atomic E-state index is 14.1. The average Bonchev–Trinajstić information content (AvgIpc) is 3.61. The van der Waals surface area contributed by atoms with Gasteiger partial charge in [0.1, 0.15) is 11.7 Å². The van der Waals surface area contributed by atoms with Gasteiger partial charge in [0, 0.05) is 22.5 Å². The maximum atomic E-state index is 14.1. The number of nitrogens with one attached hydrogen (secondary N) is 2. The lowest BCUT2D eigenvalue weighted by Gasteiger charge is -2.31. The van der Waals surface area contributed by atoms with E-state index in [1.807, 2.05) is 6.92 Å². The molecule has 176 valence electrons. The van der Waals surface area contributed by atoms with Gasteiger partial charge in [-0.15, -0.1) is 11.3 Å². The van der Waals surface area contributed by atoms with E-state index in [1.165, 1.54) is 5.56 Å². The Kier molecular flexibility index (Phi) is 6.82. The summed E-state index contributed by atoms with van der Waals surface area (Å²) < 4.78 is 0. The number of benzene rings is 2. The summed E-state index contributed by atoms with van der Waals surface area (Å²) >= 11 is 7.72. The molecule has 1 aromatic heterocycles. The molecule has 2 atom stereocenters. The minimum atomic E-state index is -0.704. The fraction of sp³-hybridized carbons (Fsp3) is 0.370. The van der Waals surface area contributed by atoms with Gasteiger partial charge in [-0.25, -0.2) is 4.98 Å². The molecule has 1 aliphatic heterocycles. The Morgan fingerprint density at radius 1 is 1.12 bits per heavy atom. The number of nitrogens with zero attached hydrogens (tertiary/aromatic N) is 1. The van der Waals surface area contributed by atoms with Gasteiger partial charge < -0.3 is 10.6 Å². The second-order valence-corrected chi connectivity index (χ2v) is 10.7. The Morgan fingerprint density at radius 2 is 1.91 bits per heavy atom. The Hall–Kier alpha value is -2.54. The maximum Gasteiger partial charge on any atom is 0.251 e. The summed E-state index contributed by atoms with van der Waals surface area (Å²) in [6.07, 6.45) is 5.15. The molecule has 1 unspecified atom stereocenters. The molecule has 7 heteroatoms.